The number of rotatable bonds is 7. The van der Waals surface area contributed by atoms with Crippen molar-refractivity contribution >= 4 is 35.4 Å². The van der Waals surface area contributed by atoms with Gasteiger partial charge in [-0.25, -0.2) is 0 Å². The van der Waals surface area contributed by atoms with Gasteiger partial charge in [0.1, 0.15) is 0 Å². The quantitative estimate of drug-likeness (QED) is 0.755. The van der Waals surface area contributed by atoms with E-state index in [4.69, 9.17) is 0 Å². The first kappa shape index (κ1) is 16.7. The molecule has 19 heavy (non-hydrogen) atoms. The predicted molar refractivity (Wildman–Crippen MR) is 81.8 cm³/mol. The SMILES string of the molecule is CCC(CC)(CNC(=O)CC1CSCCS1)C(=O)O. The maximum Gasteiger partial charge on any atom is 0.311 e. The number of carboxylic acid groups (broad SMARTS) is 1. The molecule has 0 spiro atoms. The third kappa shape index (κ3) is 4.91. The second-order valence-corrected chi connectivity index (χ2v) is 7.40. The molecule has 1 unspecified atom stereocenters. The summed E-state index contributed by atoms with van der Waals surface area (Å²) >= 11 is 3.73. The van der Waals surface area contributed by atoms with Crippen LogP contribution in [0.3, 0.4) is 0 Å². The standard InChI is InChI=1S/C13H23NO3S2/c1-3-13(4-2,12(16)17)9-14-11(15)7-10-8-18-5-6-19-10/h10H,3-9H2,1-2H3,(H,14,15)(H,16,17). The average molecular weight is 305 g/mol. The molecule has 0 saturated carbocycles. The molecule has 1 amide bonds. The first-order valence-corrected chi connectivity index (χ1v) is 8.94. The van der Waals surface area contributed by atoms with E-state index in [-0.39, 0.29) is 12.5 Å². The monoisotopic (exact) mass is 305 g/mol. The van der Waals surface area contributed by atoms with Gasteiger partial charge in [-0.1, -0.05) is 13.8 Å². The molecule has 0 radical (unpaired) electrons. The second-order valence-electron chi connectivity index (χ2n) is 4.84. The van der Waals surface area contributed by atoms with Gasteiger partial charge in [0.25, 0.3) is 0 Å². The smallest absolute Gasteiger partial charge is 0.311 e. The highest BCUT2D eigenvalue weighted by atomic mass is 32.2. The van der Waals surface area contributed by atoms with Gasteiger partial charge in [0.2, 0.25) is 5.91 Å². The van der Waals surface area contributed by atoms with Crippen LogP contribution in [0.15, 0.2) is 0 Å². The predicted octanol–water partition coefficient (Wildman–Crippen LogP) is 2.23. The molecule has 0 aromatic carbocycles. The zero-order valence-corrected chi connectivity index (χ0v) is 13.2. The molecule has 1 heterocycles. The van der Waals surface area contributed by atoms with Crippen molar-refractivity contribution in [3.63, 3.8) is 0 Å². The number of amides is 1. The van der Waals surface area contributed by atoms with Crippen molar-refractivity contribution in [2.24, 2.45) is 5.41 Å². The summed E-state index contributed by atoms with van der Waals surface area (Å²) in [5.41, 5.74) is -0.815. The van der Waals surface area contributed by atoms with Crippen LogP contribution in [0, 0.1) is 5.41 Å². The fourth-order valence-electron chi connectivity index (χ4n) is 2.08. The highest BCUT2D eigenvalue weighted by molar-refractivity contribution is 8.06. The van der Waals surface area contributed by atoms with Crippen molar-refractivity contribution < 1.29 is 14.7 Å². The van der Waals surface area contributed by atoms with E-state index in [9.17, 15) is 14.7 Å². The van der Waals surface area contributed by atoms with E-state index in [2.05, 4.69) is 5.32 Å². The van der Waals surface area contributed by atoms with Crippen LogP contribution >= 0.6 is 23.5 Å². The molecule has 0 aromatic heterocycles. The molecule has 6 heteroatoms. The number of carbonyl (C=O) groups excluding carboxylic acids is 1. The van der Waals surface area contributed by atoms with Gasteiger partial charge in [0, 0.05) is 35.5 Å². The summed E-state index contributed by atoms with van der Waals surface area (Å²) in [6.07, 6.45) is 1.57. The molecule has 1 aliphatic rings. The van der Waals surface area contributed by atoms with Gasteiger partial charge in [0.05, 0.1) is 5.41 Å². The molecule has 0 bridgehead atoms. The van der Waals surface area contributed by atoms with Crippen LogP contribution in [0.1, 0.15) is 33.1 Å². The van der Waals surface area contributed by atoms with Crippen molar-refractivity contribution in [1.29, 1.82) is 0 Å². The van der Waals surface area contributed by atoms with E-state index in [1.165, 1.54) is 0 Å². The third-order valence-electron chi connectivity index (χ3n) is 3.73. The van der Waals surface area contributed by atoms with Gasteiger partial charge in [-0.15, -0.1) is 0 Å². The largest absolute Gasteiger partial charge is 0.481 e. The van der Waals surface area contributed by atoms with Crippen molar-refractivity contribution in [3.05, 3.63) is 0 Å². The first-order chi connectivity index (χ1) is 9.04. The van der Waals surface area contributed by atoms with Gasteiger partial charge >= 0.3 is 5.97 Å². The number of hydrogen-bond acceptors (Lipinski definition) is 4. The Morgan fingerprint density at radius 2 is 2.00 bits per heavy atom. The van der Waals surface area contributed by atoms with Crippen LogP contribution in [0.2, 0.25) is 0 Å². The summed E-state index contributed by atoms with van der Waals surface area (Å²) in [6.45, 7) is 3.95. The van der Waals surface area contributed by atoms with Crippen LogP contribution in [0.25, 0.3) is 0 Å². The van der Waals surface area contributed by atoms with Crippen LogP contribution in [0.4, 0.5) is 0 Å². The number of nitrogens with one attached hydrogen (secondary N) is 1. The van der Waals surface area contributed by atoms with Crippen LogP contribution in [-0.2, 0) is 9.59 Å². The Morgan fingerprint density at radius 3 is 2.47 bits per heavy atom. The molecule has 1 rings (SSSR count). The summed E-state index contributed by atoms with van der Waals surface area (Å²) in [7, 11) is 0. The highest BCUT2D eigenvalue weighted by Gasteiger charge is 2.35. The normalized spacial score (nSPS) is 20.0. The minimum Gasteiger partial charge on any atom is -0.481 e. The Balaban J connectivity index is 2.41. The molecule has 1 fully saturated rings. The summed E-state index contributed by atoms with van der Waals surface area (Å²) in [6, 6.07) is 0. The molecular formula is C13H23NO3S2. The average Bonchev–Trinajstić information content (AvgIpc) is 2.41. The van der Waals surface area contributed by atoms with Crippen molar-refractivity contribution in [2.45, 2.75) is 38.4 Å². The number of carbonyl (C=O) groups is 2. The number of thioether (sulfide) groups is 2. The minimum atomic E-state index is -0.819. The Morgan fingerprint density at radius 1 is 1.32 bits per heavy atom. The van der Waals surface area contributed by atoms with Gasteiger partial charge in [0.15, 0.2) is 0 Å². The number of aliphatic carboxylic acids is 1. The molecule has 110 valence electrons. The summed E-state index contributed by atoms with van der Waals surface area (Å²) in [5, 5.41) is 12.5. The van der Waals surface area contributed by atoms with Crippen molar-refractivity contribution in [3.8, 4) is 0 Å². The minimum absolute atomic E-state index is 0.0208. The van der Waals surface area contributed by atoms with E-state index in [1.54, 1.807) is 0 Å². The Labute approximate surface area is 123 Å². The fraction of sp³-hybridized carbons (Fsp3) is 0.846. The molecule has 0 aromatic rings. The van der Waals surface area contributed by atoms with E-state index in [0.717, 1.165) is 17.3 Å². The summed E-state index contributed by atoms with van der Waals surface area (Å²) in [5.74, 6) is 2.44. The first-order valence-electron chi connectivity index (χ1n) is 6.73. The molecule has 0 aliphatic carbocycles. The molecule has 2 N–H and O–H groups in total. The van der Waals surface area contributed by atoms with Gasteiger partial charge in [-0.3, -0.25) is 9.59 Å². The third-order valence-corrected chi connectivity index (χ3v) is 6.57. The number of hydrogen-bond donors (Lipinski definition) is 2. The Bertz CT molecular complexity index is 313. The lowest BCUT2D eigenvalue weighted by atomic mass is 9.82. The lowest BCUT2D eigenvalue weighted by Gasteiger charge is -2.27. The van der Waals surface area contributed by atoms with Gasteiger partial charge < -0.3 is 10.4 Å². The van der Waals surface area contributed by atoms with Crippen LogP contribution in [0.5, 0.6) is 0 Å². The zero-order valence-electron chi connectivity index (χ0n) is 11.6. The molecule has 1 aliphatic heterocycles. The van der Waals surface area contributed by atoms with Crippen LogP contribution in [-0.4, -0.2) is 46.0 Å². The molecule has 4 nitrogen and oxygen atoms in total. The van der Waals surface area contributed by atoms with E-state index in [1.807, 2.05) is 37.4 Å². The highest BCUT2D eigenvalue weighted by Crippen LogP contribution is 2.27. The van der Waals surface area contributed by atoms with Crippen molar-refractivity contribution in [1.82, 2.24) is 5.32 Å². The molecule has 1 saturated heterocycles. The Kier molecular flexibility index (Phi) is 7.07. The summed E-state index contributed by atoms with van der Waals surface area (Å²) in [4.78, 5) is 23.2. The maximum absolute atomic E-state index is 11.9. The fourth-order valence-corrected chi connectivity index (χ4v) is 4.76. The van der Waals surface area contributed by atoms with E-state index < -0.39 is 11.4 Å². The topological polar surface area (TPSA) is 66.4 Å². The Hall–Kier alpha value is -0.360. The lowest BCUT2D eigenvalue weighted by molar-refractivity contribution is -0.149. The van der Waals surface area contributed by atoms with Crippen molar-refractivity contribution in [2.75, 3.05) is 23.8 Å². The number of carboxylic acids is 1. The second kappa shape index (κ2) is 8.04. The zero-order chi connectivity index (χ0) is 14.3. The van der Waals surface area contributed by atoms with E-state index in [0.29, 0.717) is 24.5 Å². The van der Waals surface area contributed by atoms with Gasteiger partial charge in [-0.05, 0) is 12.8 Å². The summed E-state index contributed by atoms with van der Waals surface area (Å²) < 4.78 is 0. The van der Waals surface area contributed by atoms with E-state index >= 15 is 0 Å². The van der Waals surface area contributed by atoms with Gasteiger partial charge in [-0.2, -0.15) is 23.5 Å². The molecule has 1 atom stereocenters. The maximum atomic E-state index is 11.9. The lowest BCUT2D eigenvalue weighted by Crippen LogP contribution is -2.43. The van der Waals surface area contributed by atoms with Crippen LogP contribution < -0.4 is 5.32 Å². The molecular weight excluding hydrogens is 282 g/mol.